The summed E-state index contributed by atoms with van der Waals surface area (Å²) in [4.78, 5) is 24.3. The van der Waals surface area contributed by atoms with Gasteiger partial charge in [-0.3, -0.25) is 19.8 Å². The Labute approximate surface area is 131 Å². The van der Waals surface area contributed by atoms with Crippen molar-refractivity contribution in [3.8, 4) is 0 Å². The summed E-state index contributed by atoms with van der Waals surface area (Å²) in [5, 5.41) is 10.7. The highest BCUT2D eigenvalue weighted by Crippen LogP contribution is 2.28. The molecule has 0 aliphatic heterocycles. The minimum atomic E-state index is -0.674. The second-order valence-corrected chi connectivity index (χ2v) is 4.71. The average Bonchev–Trinajstić information content (AvgIpc) is 3.07. The van der Waals surface area contributed by atoms with Crippen LogP contribution in [0.15, 0.2) is 77.2 Å². The van der Waals surface area contributed by atoms with Crippen LogP contribution in [0.3, 0.4) is 0 Å². The Bertz CT molecular complexity index is 789. The van der Waals surface area contributed by atoms with Gasteiger partial charge >= 0.3 is 5.88 Å². The maximum atomic E-state index is 12.8. The summed E-state index contributed by atoms with van der Waals surface area (Å²) in [5.74, 6) is -1.03. The molecular weight excluding hydrogens is 296 g/mol. The fraction of sp³-hybridized carbons (Fsp3) is 0. The summed E-state index contributed by atoms with van der Waals surface area (Å²) in [6.45, 7) is 0. The standard InChI is InChI=1S/C17H12N2O4/c20-17(15-11-12-16(23-15)19(21)22)18(13-7-3-1-4-8-13)14-9-5-2-6-10-14/h1-12H. The van der Waals surface area contributed by atoms with Gasteiger partial charge in [-0.1, -0.05) is 36.4 Å². The van der Waals surface area contributed by atoms with E-state index >= 15 is 0 Å². The molecule has 2 aromatic carbocycles. The van der Waals surface area contributed by atoms with Crippen LogP contribution in [-0.2, 0) is 0 Å². The van der Waals surface area contributed by atoms with Crippen LogP contribution in [0, 0.1) is 10.1 Å². The maximum Gasteiger partial charge on any atom is 0.433 e. The number of hydrogen-bond donors (Lipinski definition) is 0. The molecule has 6 nitrogen and oxygen atoms in total. The molecule has 1 heterocycles. The molecule has 0 N–H and O–H groups in total. The predicted octanol–water partition coefficient (Wildman–Crippen LogP) is 4.17. The average molecular weight is 308 g/mol. The van der Waals surface area contributed by atoms with Crippen LogP contribution in [0.5, 0.6) is 0 Å². The molecule has 0 radical (unpaired) electrons. The number of carbonyl (C=O) groups is 1. The van der Waals surface area contributed by atoms with E-state index in [0.29, 0.717) is 11.4 Å². The summed E-state index contributed by atoms with van der Waals surface area (Å²) in [5.41, 5.74) is 1.28. The minimum absolute atomic E-state index is 0.0931. The Balaban J connectivity index is 2.04. The third kappa shape index (κ3) is 2.96. The second kappa shape index (κ2) is 6.15. The highest BCUT2D eigenvalue weighted by molar-refractivity contribution is 6.09. The van der Waals surface area contributed by atoms with Crippen molar-refractivity contribution in [1.29, 1.82) is 0 Å². The lowest BCUT2D eigenvalue weighted by atomic mass is 10.2. The van der Waals surface area contributed by atoms with Gasteiger partial charge in [0.1, 0.15) is 4.92 Å². The highest BCUT2D eigenvalue weighted by Gasteiger charge is 2.24. The van der Waals surface area contributed by atoms with Crippen LogP contribution in [0.25, 0.3) is 0 Å². The molecule has 3 rings (SSSR count). The second-order valence-electron chi connectivity index (χ2n) is 4.71. The van der Waals surface area contributed by atoms with Gasteiger partial charge in [-0.15, -0.1) is 0 Å². The Morgan fingerprint density at radius 3 is 1.83 bits per heavy atom. The SMILES string of the molecule is O=C(c1ccc([N+](=O)[O-])o1)N(c1ccccc1)c1ccccc1. The fourth-order valence-electron chi connectivity index (χ4n) is 2.19. The largest absolute Gasteiger partial charge is 0.433 e. The normalized spacial score (nSPS) is 10.3. The van der Waals surface area contributed by atoms with Crippen LogP contribution in [-0.4, -0.2) is 10.8 Å². The molecule has 0 bridgehead atoms. The highest BCUT2D eigenvalue weighted by atomic mass is 16.6. The Morgan fingerprint density at radius 2 is 1.39 bits per heavy atom. The fourth-order valence-corrected chi connectivity index (χ4v) is 2.19. The Kier molecular flexibility index (Phi) is 3.88. The van der Waals surface area contributed by atoms with Gasteiger partial charge < -0.3 is 4.42 Å². The number of amides is 1. The molecule has 3 aromatic rings. The van der Waals surface area contributed by atoms with Gasteiger partial charge in [-0.25, -0.2) is 0 Å². The smallest absolute Gasteiger partial charge is 0.395 e. The molecule has 0 saturated heterocycles. The molecule has 0 fully saturated rings. The van der Waals surface area contributed by atoms with Gasteiger partial charge in [-0.2, -0.15) is 0 Å². The van der Waals surface area contributed by atoms with Crippen LogP contribution in [0.4, 0.5) is 17.3 Å². The van der Waals surface area contributed by atoms with Gasteiger partial charge in [0.25, 0.3) is 5.91 Å². The summed E-state index contributed by atoms with van der Waals surface area (Å²) in [6.07, 6.45) is 0. The van der Waals surface area contributed by atoms with Crippen LogP contribution < -0.4 is 4.90 Å². The predicted molar refractivity (Wildman–Crippen MR) is 84.7 cm³/mol. The molecule has 1 amide bonds. The van der Waals surface area contributed by atoms with E-state index in [-0.39, 0.29) is 5.76 Å². The molecule has 6 heteroatoms. The first-order chi connectivity index (χ1) is 11.2. The Morgan fingerprint density at radius 1 is 0.870 bits per heavy atom. The van der Waals surface area contributed by atoms with Gasteiger partial charge in [0, 0.05) is 11.4 Å². The van der Waals surface area contributed by atoms with Crippen LogP contribution in [0.2, 0.25) is 0 Å². The lowest BCUT2D eigenvalue weighted by Gasteiger charge is -2.21. The van der Waals surface area contributed by atoms with E-state index in [9.17, 15) is 14.9 Å². The maximum absolute atomic E-state index is 12.8. The lowest BCUT2D eigenvalue weighted by Crippen LogP contribution is -2.25. The van der Waals surface area contributed by atoms with Crippen LogP contribution >= 0.6 is 0 Å². The topological polar surface area (TPSA) is 76.6 Å². The van der Waals surface area contributed by atoms with Crippen molar-refractivity contribution in [2.75, 3.05) is 4.90 Å². The molecular formula is C17H12N2O4. The summed E-state index contributed by atoms with van der Waals surface area (Å²) in [6, 6.07) is 20.5. The minimum Gasteiger partial charge on any atom is -0.395 e. The van der Waals surface area contributed by atoms with Crippen molar-refractivity contribution < 1.29 is 14.1 Å². The quantitative estimate of drug-likeness (QED) is 0.535. The van der Waals surface area contributed by atoms with Gasteiger partial charge in [0.15, 0.2) is 5.76 Å². The van der Waals surface area contributed by atoms with E-state index in [0.717, 1.165) is 0 Å². The van der Waals surface area contributed by atoms with Gasteiger partial charge in [0.05, 0.1) is 6.07 Å². The number of anilines is 2. The molecule has 114 valence electrons. The zero-order chi connectivity index (χ0) is 16.2. The van der Waals surface area contributed by atoms with Gasteiger partial charge in [0.2, 0.25) is 0 Å². The zero-order valence-corrected chi connectivity index (χ0v) is 12.0. The van der Waals surface area contributed by atoms with Crippen molar-refractivity contribution in [3.05, 3.63) is 88.7 Å². The molecule has 0 aliphatic rings. The summed E-state index contributed by atoms with van der Waals surface area (Å²) in [7, 11) is 0. The number of furan rings is 1. The lowest BCUT2D eigenvalue weighted by molar-refractivity contribution is -0.402. The third-order valence-electron chi connectivity index (χ3n) is 3.21. The van der Waals surface area contributed by atoms with Crippen molar-refractivity contribution in [1.82, 2.24) is 0 Å². The number of nitrogens with zero attached hydrogens (tertiary/aromatic N) is 2. The van der Waals surface area contributed by atoms with Crippen molar-refractivity contribution in [3.63, 3.8) is 0 Å². The van der Waals surface area contributed by atoms with Crippen molar-refractivity contribution in [2.45, 2.75) is 0 Å². The number of hydrogen-bond acceptors (Lipinski definition) is 4. The van der Waals surface area contributed by atoms with E-state index in [1.807, 2.05) is 36.4 Å². The van der Waals surface area contributed by atoms with Gasteiger partial charge in [-0.05, 0) is 30.3 Å². The first-order valence-electron chi connectivity index (χ1n) is 6.85. The number of para-hydroxylation sites is 2. The van der Waals surface area contributed by atoms with Crippen molar-refractivity contribution >= 4 is 23.2 Å². The van der Waals surface area contributed by atoms with Crippen molar-refractivity contribution in [2.24, 2.45) is 0 Å². The van der Waals surface area contributed by atoms with E-state index in [2.05, 4.69) is 0 Å². The molecule has 0 unspecified atom stereocenters. The van der Waals surface area contributed by atoms with E-state index in [4.69, 9.17) is 4.42 Å². The molecule has 0 saturated carbocycles. The summed E-state index contributed by atoms with van der Waals surface area (Å²) < 4.78 is 5.04. The number of benzene rings is 2. The molecule has 0 atom stereocenters. The van der Waals surface area contributed by atoms with E-state index in [1.165, 1.54) is 17.0 Å². The van der Waals surface area contributed by atoms with E-state index in [1.54, 1.807) is 24.3 Å². The Hall–Kier alpha value is -3.41. The monoisotopic (exact) mass is 308 g/mol. The zero-order valence-electron chi connectivity index (χ0n) is 12.0. The van der Waals surface area contributed by atoms with E-state index < -0.39 is 16.7 Å². The summed E-state index contributed by atoms with van der Waals surface area (Å²) >= 11 is 0. The number of carbonyl (C=O) groups excluding carboxylic acids is 1. The molecule has 0 aliphatic carbocycles. The molecule has 1 aromatic heterocycles. The first-order valence-corrected chi connectivity index (χ1v) is 6.85. The molecule has 0 spiro atoms. The number of nitro groups is 1. The van der Waals surface area contributed by atoms with Crippen LogP contribution in [0.1, 0.15) is 10.6 Å². The molecule has 23 heavy (non-hydrogen) atoms. The third-order valence-corrected chi connectivity index (χ3v) is 3.21. The first kappa shape index (κ1) is 14.5. The number of rotatable bonds is 4.